The first-order chi connectivity index (χ1) is 13.5. The van der Waals surface area contributed by atoms with Crippen molar-refractivity contribution < 1.29 is 9.59 Å². The summed E-state index contributed by atoms with van der Waals surface area (Å²) in [6.45, 7) is 1.95. The summed E-state index contributed by atoms with van der Waals surface area (Å²) in [5.74, 6) is -0.166. The van der Waals surface area contributed by atoms with E-state index in [2.05, 4.69) is 10.6 Å². The summed E-state index contributed by atoms with van der Waals surface area (Å²) in [7, 11) is 1.75. The van der Waals surface area contributed by atoms with Gasteiger partial charge < -0.3 is 15.5 Å². The fourth-order valence-electron chi connectivity index (χ4n) is 2.80. The maximum atomic E-state index is 12.5. The molecular formula is C23H23N3O2. The molecule has 0 radical (unpaired) electrons. The Morgan fingerprint density at radius 2 is 1.39 bits per heavy atom. The van der Waals surface area contributed by atoms with Gasteiger partial charge in [-0.2, -0.15) is 0 Å². The van der Waals surface area contributed by atoms with Crippen LogP contribution < -0.4 is 10.6 Å². The highest BCUT2D eigenvalue weighted by molar-refractivity contribution is 6.04. The van der Waals surface area contributed by atoms with Crippen LogP contribution in [0, 0.1) is 0 Å². The second kappa shape index (κ2) is 8.86. The van der Waals surface area contributed by atoms with Crippen LogP contribution in [0.2, 0.25) is 0 Å². The largest absolute Gasteiger partial charge is 0.322 e. The first-order valence-electron chi connectivity index (χ1n) is 9.10. The van der Waals surface area contributed by atoms with Crippen molar-refractivity contribution in [3.05, 3.63) is 96.1 Å². The smallest absolute Gasteiger partial charge is 0.322 e. The molecule has 0 fully saturated rings. The third kappa shape index (κ3) is 4.76. The highest BCUT2D eigenvalue weighted by Gasteiger charge is 2.18. The molecule has 0 heterocycles. The van der Waals surface area contributed by atoms with E-state index in [4.69, 9.17) is 0 Å². The minimum absolute atomic E-state index is 0.166. The maximum Gasteiger partial charge on any atom is 0.322 e. The Hall–Kier alpha value is -3.60. The number of amides is 3. The summed E-state index contributed by atoms with van der Waals surface area (Å²) in [5, 5.41) is 5.78. The van der Waals surface area contributed by atoms with E-state index in [9.17, 15) is 9.59 Å². The van der Waals surface area contributed by atoms with Crippen molar-refractivity contribution in [3.63, 3.8) is 0 Å². The first kappa shape index (κ1) is 19.2. The van der Waals surface area contributed by atoms with Crippen LogP contribution in [0.25, 0.3) is 0 Å². The van der Waals surface area contributed by atoms with Gasteiger partial charge >= 0.3 is 6.03 Å². The van der Waals surface area contributed by atoms with E-state index in [0.717, 1.165) is 11.3 Å². The normalized spacial score (nSPS) is 11.4. The molecule has 28 heavy (non-hydrogen) atoms. The number of para-hydroxylation sites is 1. The van der Waals surface area contributed by atoms with E-state index < -0.39 is 0 Å². The van der Waals surface area contributed by atoms with Gasteiger partial charge in [0, 0.05) is 24.0 Å². The zero-order valence-electron chi connectivity index (χ0n) is 15.9. The Morgan fingerprint density at radius 3 is 2.07 bits per heavy atom. The number of nitrogens with zero attached hydrogens (tertiary/aromatic N) is 1. The van der Waals surface area contributed by atoms with Crippen molar-refractivity contribution in [2.75, 3.05) is 17.7 Å². The lowest BCUT2D eigenvalue weighted by Gasteiger charge is -2.26. The zero-order chi connectivity index (χ0) is 19.9. The Morgan fingerprint density at radius 1 is 0.786 bits per heavy atom. The van der Waals surface area contributed by atoms with E-state index in [1.165, 1.54) is 0 Å². The van der Waals surface area contributed by atoms with Crippen molar-refractivity contribution in [1.29, 1.82) is 0 Å². The average Bonchev–Trinajstić information content (AvgIpc) is 2.74. The molecule has 0 aliphatic carbocycles. The number of carbonyl (C=O) groups excluding carboxylic acids is 2. The van der Waals surface area contributed by atoms with Gasteiger partial charge in [-0.05, 0) is 48.9 Å². The van der Waals surface area contributed by atoms with Gasteiger partial charge in [-0.1, -0.05) is 48.5 Å². The van der Waals surface area contributed by atoms with Crippen molar-refractivity contribution in [1.82, 2.24) is 4.90 Å². The summed E-state index contributed by atoms with van der Waals surface area (Å²) in [6.07, 6.45) is 0. The summed E-state index contributed by atoms with van der Waals surface area (Å²) in [6, 6.07) is 25.6. The number of anilines is 2. The highest BCUT2D eigenvalue weighted by atomic mass is 16.2. The molecule has 5 heteroatoms. The lowest BCUT2D eigenvalue weighted by atomic mass is 10.1. The predicted molar refractivity (Wildman–Crippen MR) is 112 cm³/mol. The first-order valence-corrected chi connectivity index (χ1v) is 9.10. The lowest BCUT2D eigenvalue weighted by molar-refractivity contribution is 0.102. The van der Waals surface area contributed by atoms with E-state index in [0.29, 0.717) is 11.3 Å². The SMILES string of the molecule is C[C@H](c1cccc(NC(=O)c2ccccc2)c1)N(C)C(=O)Nc1ccccc1. The van der Waals surface area contributed by atoms with Crippen LogP contribution >= 0.6 is 0 Å². The summed E-state index contributed by atoms with van der Waals surface area (Å²) in [4.78, 5) is 26.5. The summed E-state index contributed by atoms with van der Waals surface area (Å²) >= 11 is 0. The molecule has 0 unspecified atom stereocenters. The van der Waals surface area contributed by atoms with Gasteiger partial charge in [0.15, 0.2) is 0 Å². The monoisotopic (exact) mass is 373 g/mol. The Kier molecular flexibility index (Phi) is 6.07. The van der Waals surface area contributed by atoms with Crippen LogP contribution in [0.3, 0.4) is 0 Å². The molecule has 2 N–H and O–H groups in total. The van der Waals surface area contributed by atoms with Crippen molar-refractivity contribution in [3.8, 4) is 0 Å². The number of urea groups is 1. The molecule has 0 spiro atoms. The van der Waals surface area contributed by atoms with Crippen LogP contribution in [0.15, 0.2) is 84.9 Å². The molecule has 0 saturated heterocycles. The number of rotatable bonds is 5. The molecule has 5 nitrogen and oxygen atoms in total. The van der Waals surface area contributed by atoms with Gasteiger partial charge in [0.25, 0.3) is 5.91 Å². The Balaban J connectivity index is 1.68. The lowest BCUT2D eigenvalue weighted by Crippen LogP contribution is -2.33. The van der Waals surface area contributed by atoms with Crippen LogP contribution in [0.1, 0.15) is 28.9 Å². The molecule has 1 atom stereocenters. The van der Waals surface area contributed by atoms with Crippen molar-refractivity contribution >= 4 is 23.3 Å². The molecule has 3 aromatic rings. The molecule has 0 aromatic heterocycles. The standard InChI is InChI=1S/C23H23N3O2/c1-17(26(2)23(28)25-20-13-7-4-8-14-20)19-12-9-15-21(16-19)24-22(27)18-10-5-3-6-11-18/h3-17H,1-2H3,(H,24,27)(H,25,28)/t17-/m1/s1. The molecule has 142 valence electrons. The molecule has 0 saturated carbocycles. The van der Waals surface area contributed by atoms with Gasteiger partial charge in [-0.15, -0.1) is 0 Å². The molecule has 0 bridgehead atoms. The minimum Gasteiger partial charge on any atom is -0.322 e. The van der Waals surface area contributed by atoms with E-state index in [1.807, 2.05) is 79.7 Å². The number of carbonyl (C=O) groups is 2. The van der Waals surface area contributed by atoms with E-state index in [1.54, 1.807) is 24.1 Å². The van der Waals surface area contributed by atoms with Gasteiger partial charge in [0.05, 0.1) is 6.04 Å². The number of hydrogen-bond donors (Lipinski definition) is 2. The third-order valence-corrected chi connectivity index (χ3v) is 4.59. The highest BCUT2D eigenvalue weighted by Crippen LogP contribution is 2.23. The fraction of sp³-hybridized carbons (Fsp3) is 0.130. The minimum atomic E-state index is -0.197. The second-order valence-corrected chi connectivity index (χ2v) is 6.53. The van der Waals surface area contributed by atoms with Crippen LogP contribution in [0.4, 0.5) is 16.2 Å². The van der Waals surface area contributed by atoms with Crippen LogP contribution in [0.5, 0.6) is 0 Å². The average molecular weight is 373 g/mol. The number of benzene rings is 3. The van der Waals surface area contributed by atoms with Gasteiger partial charge in [-0.25, -0.2) is 4.79 Å². The molecule has 0 aliphatic rings. The van der Waals surface area contributed by atoms with Gasteiger partial charge in [0.1, 0.15) is 0 Å². The van der Waals surface area contributed by atoms with E-state index in [-0.39, 0.29) is 18.0 Å². The topological polar surface area (TPSA) is 61.4 Å². The summed E-state index contributed by atoms with van der Waals surface area (Å²) < 4.78 is 0. The molecular weight excluding hydrogens is 350 g/mol. The fourth-order valence-corrected chi connectivity index (χ4v) is 2.80. The quantitative estimate of drug-likeness (QED) is 0.649. The number of hydrogen-bond acceptors (Lipinski definition) is 2. The van der Waals surface area contributed by atoms with Crippen molar-refractivity contribution in [2.24, 2.45) is 0 Å². The Labute approximate surface area is 165 Å². The zero-order valence-corrected chi connectivity index (χ0v) is 15.9. The predicted octanol–water partition coefficient (Wildman–Crippen LogP) is 5.16. The second-order valence-electron chi connectivity index (χ2n) is 6.53. The molecule has 3 aromatic carbocycles. The van der Waals surface area contributed by atoms with Crippen molar-refractivity contribution in [2.45, 2.75) is 13.0 Å². The van der Waals surface area contributed by atoms with Crippen LogP contribution in [-0.2, 0) is 0 Å². The third-order valence-electron chi connectivity index (χ3n) is 4.59. The van der Waals surface area contributed by atoms with Gasteiger partial charge in [0.2, 0.25) is 0 Å². The number of nitrogens with one attached hydrogen (secondary N) is 2. The van der Waals surface area contributed by atoms with Gasteiger partial charge in [-0.3, -0.25) is 4.79 Å². The molecule has 0 aliphatic heterocycles. The van der Waals surface area contributed by atoms with E-state index >= 15 is 0 Å². The molecule has 3 amide bonds. The summed E-state index contributed by atoms with van der Waals surface area (Å²) in [5.41, 5.74) is 2.96. The molecule has 3 rings (SSSR count). The van der Waals surface area contributed by atoms with Crippen LogP contribution in [-0.4, -0.2) is 23.9 Å². The Bertz CT molecular complexity index is 942. The maximum absolute atomic E-state index is 12.5.